The molecule has 26 heavy (non-hydrogen) atoms. The van der Waals surface area contributed by atoms with Crippen LogP contribution >= 0.6 is 11.3 Å². The third-order valence-electron chi connectivity index (χ3n) is 4.60. The van der Waals surface area contributed by atoms with E-state index in [0.29, 0.717) is 12.5 Å². The Morgan fingerprint density at radius 3 is 2.65 bits per heavy atom. The zero-order valence-electron chi connectivity index (χ0n) is 16.0. The molecule has 5 nitrogen and oxygen atoms in total. The molecule has 2 aromatic rings. The molecule has 1 amide bonds. The molecule has 0 bridgehead atoms. The van der Waals surface area contributed by atoms with Crippen molar-refractivity contribution in [2.45, 2.75) is 33.2 Å². The third kappa shape index (κ3) is 4.07. The number of hydrogen-bond donors (Lipinski definition) is 0. The molecule has 1 aliphatic heterocycles. The standard InChI is InChI=1S/C20H27N3O2S/c1-14(2)19-21-15(3)18(26-19)20(24)22(4)13-16-7-5-6-8-17(16)23-9-11-25-12-10-23/h5-8,14H,9-13H2,1-4H3. The quantitative estimate of drug-likeness (QED) is 0.802. The molecule has 0 unspecified atom stereocenters. The topological polar surface area (TPSA) is 45.7 Å². The van der Waals surface area contributed by atoms with E-state index in [1.807, 2.05) is 20.0 Å². The second-order valence-corrected chi connectivity index (χ2v) is 8.04. The summed E-state index contributed by atoms with van der Waals surface area (Å²) in [5.41, 5.74) is 3.19. The molecule has 0 N–H and O–H groups in total. The second kappa shape index (κ2) is 8.18. The first-order valence-corrected chi connectivity index (χ1v) is 9.92. The van der Waals surface area contributed by atoms with Crippen LogP contribution in [0.5, 0.6) is 0 Å². The number of nitrogens with zero attached hydrogens (tertiary/aromatic N) is 3. The molecule has 1 aromatic heterocycles. The van der Waals surface area contributed by atoms with Crippen molar-refractivity contribution in [3.8, 4) is 0 Å². The first-order chi connectivity index (χ1) is 12.5. The largest absolute Gasteiger partial charge is 0.378 e. The monoisotopic (exact) mass is 373 g/mol. The average molecular weight is 374 g/mol. The van der Waals surface area contributed by atoms with Gasteiger partial charge in [-0.25, -0.2) is 4.98 Å². The van der Waals surface area contributed by atoms with Crippen molar-refractivity contribution in [2.75, 3.05) is 38.3 Å². The number of para-hydroxylation sites is 1. The van der Waals surface area contributed by atoms with Crippen molar-refractivity contribution in [2.24, 2.45) is 0 Å². The summed E-state index contributed by atoms with van der Waals surface area (Å²) < 4.78 is 5.46. The van der Waals surface area contributed by atoms with Gasteiger partial charge in [-0.1, -0.05) is 32.0 Å². The van der Waals surface area contributed by atoms with Gasteiger partial charge in [0.25, 0.3) is 5.91 Å². The van der Waals surface area contributed by atoms with E-state index in [0.717, 1.165) is 47.4 Å². The number of carbonyl (C=O) groups is 1. The van der Waals surface area contributed by atoms with Crippen LogP contribution < -0.4 is 4.90 Å². The number of hydrogen-bond acceptors (Lipinski definition) is 5. The fraction of sp³-hybridized carbons (Fsp3) is 0.500. The summed E-state index contributed by atoms with van der Waals surface area (Å²) in [6.45, 7) is 10.00. The predicted octanol–water partition coefficient (Wildman–Crippen LogP) is 3.68. The Kier molecular flexibility index (Phi) is 5.94. The van der Waals surface area contributed by atoms with Crippen molar-refractivity contribution in [1.82, 2.24) is 9.88 Å². The molecule has 140 valence electrons. The highest BCUT2D eigenvalue weighted by molar-refractivity contribution is 7.13. The second-order valence-electron chi connectivity index (χ2n) is 7.01. The van der Waals surface area contributed by atoms with Gasteiger partial charge < -0.3 is 14.5 Å². The smallest absolute Gasteiger partial charge is 0.265 e. The van der Waals surface area contributed by atoms with Crippen molar-refractivity contribution < 1.29 is 9.53 Å². The lowest BCUT2D eigenvalue weighted by Crippen LogP contribution is -2.37. The minimum Gasteiger partial charge on any atom is -0.378 e. The molecule has 0 atom stereocenters. The van der Waals surface area contributed by atoms with Gasteiger partial charge in [0, 0.05) is 38.3 Å². The summed E-state index contributed by atoms with van der Waals surface area (Å²) in [4.78, 5) is 22.4. The van der Waals surface area contributed by atoms with E-state index in [9.17, 15) is 4.79 Å². The van der Waals surface area contributed by atoms with Crippen LogP contribution in [0.1, 0.15) is 45.7 Å². The normalized spacial score (nSPS) is 14.7. The number of morpholine rings is 1. The number of amides is 1. The van der Waals surface area contributed by atoms with Gasteiger partial charge >= 0.3 is 0 Å². The zero-order chi connectivity index (χ0) is 18.7. The van der Waals surface area contributed by atoms with Crippen LogP contribution in [0.4, 0.5) is 5.69 Å². The van der Waals surface area contributed by atoms with Gasteiger partial charge in [0.2, 0.25) is 0 Å². The molecule has 0 radical (unpaired) electrons. The minimum absolute atomic E-state index is 0.0451. The van der Waals surface area contributed by atoms with Crippen LogP contribution in [0.25, 0.3) is 0 Å². The fourth-order valence-corrected chi connectivity index (χ4v) is 4.18. The summed E-state index contributed by atoms with van der Waals surface area (Å²) in [6.07, 6.45) is 0. The van der Waals surface area contributed by atoms with E-state index in [1.54, 1.807) is 4.90 Å². The molecule has 1 aromatic carbocycles. The van der Waals surface area contributed by atoms with Gasteiger partial charge in [0.15, 0.2) is 0 Å². The Balaban J connectivity index is 1.77. The molecule has 0 saturated carbocycles. The van der Waals surface area contributed by atoms with Crippen molar-refractivity contribution in [3.63, 3.8) is 0 Å². The van der Waals surface area contributed by atoms with Crippen LogP contribution in [-0.4, -0.2) is 49.1 Å². The van der Waals surface area contributed by atoms with E-state index in [-0.39, 0.29) is 5.91 Å². The molecule has 1 aliphatic rings. The number of aromatic nitrogens is 1. The number of benzene rings is 1. The van der Waals surface area contributed by atoms with Crippen molar-refractivity contribution in [3.05, 3.63) is 45.4 Å². The molecule has 2 heterocycles. The Bertz CT molecular complexity index is 766. The van der Waals surface area contributed by atoms with E-state index in [4.69, 9.17) is 4.74 Å². The number of rotatable bonds is 5. The van der Waals surface area contributed by atoms with E-state index in [2.05, 4.69) is 41.9 Å². The maximum Gasteiger partial charge on any atom is 0.265 e. The van der Waals surface area contributed by atoms with Crippen molar-refractivity contribution in [1.29, 1.82) is 0 Å². The van der Waals surface area contributed by atoms with Gasteiger partial charge in [-0.05, 0) is 18.6 Å². The predicted molar refractivity (Wildman–Crippen MR) is 106 cm³/mol. The fourth-order valence-electron chi connectivity index (χ4n) is 3.12. The number of carbonyl (C=O) groups excluding carboxylic acids is 1. The number of ether oxygens (including phenoxy) is 1. The number of aryl methyl sites for hydroxylation is 1. The highest BCUT2D eigenvalue weighted by atomic mass is 32.1. The average Bonchev–Trinajstić information content (AvgIpc) is 3.04. The maximum atomic E-state index is 13.0. The van der Waals surface area contributed by atoms with Crippen LogP contribution in [-0.2, 0) is 11.3 Å². The van der Waals surface area contributed by atoms with Crippen LogP contribution in [0.2, 0.25) is 0 Å². The number of anilines is 1. The number of thiazole rings is 1. The lowest BCUT2D eigenvalue weighted by molar-refractivity contribution is 0.0788. The van der Waals surface area contributed by atoms with E-state index < -0.39 is 0 Å². The molecular weight excluding hydrogens is 346 g/mol. The molecule has 0 aliphatic carbocycles. The minimum atomic E-state index is 0.0451. The van der Waals surface area contributed by atoms with Gasteiger partial charge in [-0.3, -0.25) is 4.79 Å². The summed E-state index contributed by atoms with van der Waals surface area (Å²) in [6, 6.07) is 8.33. The lowest BCUT2D eigenvalue weighted by atomic mass is 10.1. The summed E-state index contributed by atoms with van der Waals surface area (Å²) in [7, 11) is 1.87. The van der Waals surface area contributed by atoms with Gasteiger partial charge in [-0.2, -0.15) is 0 Å². The summed E-state index contributed by atoms with van der Waals surface area (Å²) >= 11 is 1.52. The van der Waals surface area contributed by atoms with Crippen molar-refractivity contribution >= 4 is 22.9 Å². The Labute approximate surface area is 159 Å². The van der Waals surface area contributed by atoms with E-state index in [1.165, 1.54) is 17.0 Å². The maximum absolute atomic E-state index is 13.0. The SMILES string of the molecule is Cc1nc(C(C)C)sc1C(=O)N(C)Cc1ccccc1N1CCOCC1. The highest BCUT2D eigenvalue weighted by Crippen LogP contribution is 2.27. The summed E-state index contributed by atoms with van der Waals surface area (Å²) in [5, 5.41) is 1.02. The summed E-state index contributed by atoms with van der Waals surface area (Å²) in [5.74, 6) is 0.385. The molecule has 6 heteroatoms. The molecular formula is C20H27N3O2S. The van der Waals surface area contributed by atoms with Gasteiger partial charge in [-0.15, -0.1) is 11.3 Å². The molecule has 3 rings (SSSR count). The van der Waals surface area contributed by atoms with Crippen LogP contribution in [0.15, 0.2) is 24.3 Å². The van der Waals surface area contributed by atoms with Gasteiger partial charge in [0.05, 0.1) is 23.9 Å². The Morgan fingerprint density at radius 1 is 1.31 bits per heavy atom. The third-order valence-corrected chi connectivity index (χ3v) is 6.04. The van der Waals surface area contributed by atoms with Gasteiger partial charge in [0.1, 0.15) is 4.88 Å². The highest BCUT2D eigenvalue weighted by Gasteiger charge is 2.22. The molecule has 1 saturated heterocycles. The molecule has 0 spiro atoms. The van der Waals surface area contributed by atoms with Crippen LogP contribution in [0.3, 0.4) is 0 Å². The Morgan fingerprint density at radius 2 is 2.00 bits per heavy atom. The zero-order valence-corrected chi connectivity index (χ0v) is 16.8. The first-order valence-electron chi connectivity index (χ1n) is 9.10. The lowest BCUT2D eigenvalue weighted by Gasteiger charge is -2.31. The van der Waals surface area contributed by atoms with Crippen LogP contribution in [0, 0.1) is 6.92 Å². The molecule has 1 fully saturated rings. The van der Waals surface area contributed by atoms with E-state index >= 15 is 0 Å². The Hall–Kier alpha value is -1.92. The first kappa shape index (κ1) is 18.9.